The van der Waals surface area contributed by atoms with Crippen molar-refractivity contribution in [1.82, 2.24) is 10.2 Å². The van der Waals surface area contributed by atoms with E-state index in [1.807, 2.05) is 11.3 Å². The van der Waals surface area contributed by atoms with Crippen molar-refractivity contribution in [3.05, 3.63) is 22.4 Å². The van der Waals surface area contributed by atoms with Crippen molar-refractivity contribution in [2.75, 3.05) is 26.2 Å². The Kier molecular flexibility index (Phi) is 4.02. The average molecular weight is 264 g/mol. The van der Waals surface area contributed by atoms with Gasteiger partial charge in [-0.3, -0.25) is 0 Å². The monoisotopic (exact) mass is 264 g/mol. The maximum absolute atomic E-state index is 3.84. The van der Waals surface area contributed by atoms with Gasteiger partial charge in [-0.1, -0.05) is 12.8 Å². The summed E-state index contributed by atoms with van der Waals surface area (Å²) in [6.45, 7) is 5.01. The molecule has 2 fully saturated rings. The fourth-order valence-corrected chi connectivity index (χ4v) is 4.22. The Morgan fingerprint density at radius 3 is 2.94 bits per heavy atom. The molecule has 100 valence electrons. The van der Waals surface area contributed by atoms with Crippen molar-refractivity contribution in [3.8, 4) is 0 Å². The van der Waals surface area contributed by atoms with Gasteiger partial charge in [-0.05, 0) is 61.2 Å². The molecule has 1 N–H and O–H groups in total. The van der Waals surface area contributed by atoms with E-state index in [4.69, 9.17) is 0 Å². The molecule has 0 aromatic carbocycles. The summed E-state index contributed by atoms with van der Waals surface area (Å²) in [6.07, 6.45) is 8.16. The van der Waals surface area contributed by atoms with E-state index >= 15 is 0 Å². The van der Waals surface area contributed by atoms with E-state index in [1.165, 1.54) is 70.3 Å². The third kappa shape index (κ3) is 2.95. The van der Waals surface area contributed by atoms with Crippen molar-refractivity contribution in [1.29, 1.82) is 0 Å². The molecule has 1 aromatic heterocycles. The van der Waals surface area contributed by atoms with Crippen molar-refractivity contribution in [2.24, 2.45) is 0 Å². The zero-order chi connectivity index (χ0) is 12.3. The molecule has 1 aromatic rings. The van der Waals surface area contributed by atoms with Crippen LogP contribution in [0.2, 0.25) is 0 Å². The lowest BCUT2D eigenvalue weighted by atomic mass is 9.97. The van der Waals surface area contributed by atoms with E-state index in [9.17, 15) is 0 Å². The minimum atomic E-state index is 0.463. The average Bonchev–Trinajstić information content (AvgIpc) is 2.99. The molecule has 3 heteroatoms. The van der Waals surface area contributed by atoms with Gasteiger partial charge in [0, 0.05) is 18.6 Å². The van der Waals surface area contributed by atoms with E-state index < -0.39 is 0 Å². The maximum atomic E-state index is 3.84. The second-order valence-corrected chi connectivity index (χ2v) is 6.71. The van der Waals surface area contributed by atoms with Gasteiger partial charge in [-0.25, -0.2) is 0 Å². The van der Waals surface area contributed by atoms with E-state index in [2.05, 4.69) is 27.0 Å². The number of nitrogens with zero attached hydrogens (tertiary/aromatic N) is 1. The predicted molar refractivity (Wildman–Crippen MR) is 78.3 cm³/mol. The van der Waals surface area contributed by atoms with Gasteiger partial charge >= 0.3 is 0 Å². The summed E-state index contributed by atoms with van der Waals surface area (Å²) in [5, 5.41) is 8.33. The van der Waals surface area contributed by atoms with Crippen LogP contribution < -0.4 is 5.32 Å². The Morgan fingerprint density at radius 2 is 2.17 bits per heavy atom. The van der Waals surface area contributed by atoms with Crippen molar-refractivity contribution in [3.63, 3.8) is 0 Å². The topological polar surface area (TPSA) is 15.3 Å². The highest BCUT2D eigenvalue weighted by atomic mass is 32.1. The van der Waals surface area contributed by atoms with Crippen LogP contribution >= 0.6 is 11.3 Å². The molecule has 0 unspecified atom stereocenters. The minimum absolute atomic E-state index is 0.463. The Morgan fingerprint density at radius 1 is 1.28 bits per heavy atom. The Hall–Kier alpha value is -0.380. The van der Waals surface area contributed by atoms with Crippen LogP contribution in [0, 0.1) is 0 Å². The van der Waals surface area contributed by atoms with E-state index in [1.54, 1.807) is 0 Å². The zero-order valence-corrected chi connectivity index (χ0v) is 12.0. The quantitative estimate of drug-likeness (QED) is 0.903. The van der Waals surface area contributed by atoms with Gasteiger partial charge in [0.1, 0.15) is 0 Å². The molecule has 0 bridgehead atoms. The zero-order valence-electron chi connectivity index (χ0n) is 11.2. The minimum Gasteiger partial charge on any atom is -0.310 e. The third-order valence-electron chi connectivity index (χ3n) is 4.53. The molecule has 1 saturated carbocycles. The van der Waals surface area contributed by atoms with Gasteiger partial charge in [-0.2, -0.15) is 11.3 Å². The number of thiophene rings is 1. The third-order valence-corrected chi connectivity index (χ3v) is 5.27. The molecule has 0 radical (unpaired) electrons. The van der Waals surface area contributed by atoms with Crippen LogP contribution in [-0.2, 0) is 6.42 Å². The van der Waals surface area contributed by atoms with Crippen LogP contribution in [0.4, 0.5) is 0 Å². The Labute approximate surface area is 114 Å². The van der Waals surface area contributed by atoms with Gasteiger partial charge in [0.05, 0.1) is 0 Å². The normalized spacial score (nSPS) is 24.4. The summed E-state index contributed by atoms with van der Waals surface area (Å²) < 4.78 is 0. The molecular formula is C15H24N2S. The summed E-state index contributed by atoms with van der Waals surface area (Å²) in [7, 11) is 0. The summed E-state index contributed by atoms with van der Waals surface area (Å²) in [5.74, 6) is 0. The largest absolute Gasteiger partial charge is 0.310 e. The first-order chi connectivity index (χ1) is 8.86. The highest BCUT2D eigenvalue weighted by molar-refractivity contribution is 7.07. The molecule has 2 heterocycles. The van der Waals surface area contributed by atoms with Crippen molar-refractivity contribution >= 4 is 11.3 Å². The Bertz CT molecular complexity index is 355. The van der Waals surface area contributed by atoms with E-state index in [0.717, 1.165) is 0 Å². The molecule has 0 atom stereocenters. The molecule has 1 aliphatic carbocycles. The summed E-state index contributed by atoms with van der Waals surface area (Å²) in [5.41, 5.74) is 1.98. The van der Waals surface area contributed by atoms with Gasteiger partial charge in [-0.15, -0.1) is 0 Å². The predicted octanol–water partition coefficient (Wildman–Crippen LogP) is 2.90. The first kappa shape index (κ1) is 12.6. The maximum Gasteiger partial charge on any atom is 0.0308 e. The SMILES string of the molecule is c1cc(CCN2CCCNC3(CCCC3)C2)cs1. The summed E-state index contributed by atoms with van der Waals surface area (Å²) >= 11 is 1.82. The molecule has 0 amide bonds. The summed E-state index contributed by atoms with van der Waals surface area (Å²) in [6, 6.07) is 2.27. The van der Waals surface area contributed by atoms with Gasteiger partial charge in [0.2, 0.25) is 0 Å². The molecule has 2 nitrogen and oxygen atoms in total. The van der Waals surface area contributed by atoms with Gasteiger partial charge < -0.3 is 10.2 Å². The van der Waals surface area contributed by atoms with Crippen LogP contribution in [-0.4, -0.2) is 36.6 Å². The number of nitrogens with one attached hydrogen (secondary N) is 1. The second kappa shape index (κ2) is 5.72. The van der Waals surface area contributed by atoms with Crippen LogP contribution in [0.1, 0.15) is 37.7 Å². The number of hydrogen-bond donors (Lipinski definition) is 1. The first-order valence-corrected chi connectivity index (χ1v) is 8.29. The van der Waals surface area contributed by atoms with Gasteiger partial charge in [0.15, 0.2) is 0 Å². The van der Waals surface area contributed by atoms with E-state index in [-0.39, 0.29) is 0 Å². The number of rotatable bonds is 3. The fourth-order valence-electron chi connectivity index (χ4n) is 3.52. The standard InChI is InChI=1S/C15H24N2S/c1-2-7-15(6-1)13-17(9-3-8-16-15)10-4-14-5-11-18-12-14/h5,11-12,16H,1-4,6-10,13H2. The smallest absolute Gasteiger partial charge is 0.0308 e. The second-order valence-electron chi connectivity index (χ2n) is 5.93. The molecule has 1 saturated heterocycles. The van der Waals surface area contributed by atoms with Crippen LogP contribution in [0.5, 0.6) is 0 Å². The lowest BCUT2D eigenvalue weighted by Gasteiger charge is -2.33. The molecule has 1 aliphatic heterocycles. The van der Waals surface area contributed by atoms with Gasteiger partial charge in [0.25, 0.3) is 0 Å². The molecule has 18 heavy (non-hydrogen) atoms. The summed E-state index contributed by atoms with van der Waals surface area (Å²) in [4.78, 5) is 2.70. The molecular weight excluding hydrogens is 240 g/mol. The first-order valence-electron chi connectivity index (χ1n) is 7.35. The number of hydrogen-bond acceptors (Lipinski definition) is 3. The highest BCUT2D eigenvalue weighted by Crippen LogP contribution is 2.31. The van der Waals surface area contributed by atoms with Crippen LogP contribution in [0.3, 0.4) is 0 Å². The lowest BCUT2D eigenvalue weighted by molar-refractivity contribution is 0.212. The van der Waals surface area contributed by atoms with E-state index in [0.29, 0.717) is 5.54 Å². The highest BCUT2D eigenvalue weighted by Gasteiger charge is 2.36. The van der Waals surface area contributed by atoms with Crippen molar-refractivity contribution < 1.29 is 0 Å². The fraction of sp³-hybridized carbons (Fsp3) is 0.733. The lowest BCUT2D eigenvalue weighted by Crippen LogP contribution is -2.49. The molecule has 3 rings (SSSR count). The Balaban J connectivity index is 1.57. The molecule has 2 aliphatic rings. The van der Waals surface area contributed by atoms with Crippen molar-refractivity contribution in [2.45, 2.75) is 44.1 Å². The van der Waals surface area contributed by atoms with Crippen LogP contribution in [0.15, 0.2) is 16.8 Å². The van der Waals surface area contributed by atoms with Crippen LogP contribution in [0.25, 0.3) is 0 Å². The molecule has 1 spiro atoms.